The number of hydrogen-bond donors (Lipinski definition) is 0. The maximum absolute atomic E-state index is 11.8. The third-order valence-corrected chi connectivity index (χ3v) is 5.50. The van der Waals surface area contributed by atoms with Gasteiger partial charge in [-0.15, -0.1) is 0 Å². The largest absolute Gasteiger partial charge is 0.496 e. The van der Waals surface area contributed by atoms with E-state index in [0.717, 1.165) is 43.9 Å². The van der Waals surface area contributed by atoms with Gasteiger partial charge in [0, 0.05) is 50.8 Å². The minimum absolute atomic E-state index is 0.179. The number of amides is 1. The second kappa shape index (κ2) is 7.19. The number of hydrogen-bond acceptors (Lipinski definition) is 4. The van der Waals surface area contributed by atoms with Crippen molar-refractivity contribution in [1.29, 1.82) is 0 Å². The minimum Gasteiger partial charge on any atom is -0.496 e. The van der Waals surface area contributed by atoms with E-state index in [-0.39, 0.29) is 5.91 Å². The van der Waals surface area contributed by atoms with Gasteiger partial charge >= 0.3 is 0 Å². The number of carbonyl (C=O) groups excluding carboxylic acids is 1. The van der Waals surface area contributed by atoms with E-state index in [9.17, 15) is 4.79 Å². The summed E-state index contributed by atoms with van der Waals surface area (Å²) in [4.78, 5) is 16.3. The second-order valence-corrected chi connectivity index (χ2v) is 7.16. The molecule has 0 N–H and O–H groups in total. The number of benzene rings is 1. The van der Waals surface area contributed by atoms with Gasteiger partial charge in [0.15, 0.2) is 0 Å². The van der Waals surface area contributed by atoms with Crippen LogP contribution >= 0.6 is 11.6 Å². The lowest BCUT2D eigenvalue weighted by Crippen LogP contribution is -2.43. The first-order valence-electron chi connectivity index (χ1n) is 8.41. The topological polar surface area (TPSA) is 42.0 Å². The fraction of sp³-hybridized carbons (Fsp3) is 0.611. The van der Waals surface area contributed by atoms with E-state index in [4.69, 9.17) is 21.1 Å². The molecule has 0 saturated carbocycles. The average molecular weight is 353 g/mol. The molecule has 0 spiro atoms. The van der Waals surface area contributed by atoms with E-state index < -0.39 is 0 Å². The molecule has 0 radical (unpaired) electrons. The summed E-state index contributed by atoms with van der Waals surface area (Å²) >= 11 is 6.30. The van der Waals surface area contributed by atoms with Crippen molar-refractivity contribution in [3.8, 4) is 11.5 Å². The highest BCUT2D eigenvalue weighted by Gasteiger charge is 2.35. The SMILES string of the molecule is COc1cc(OC)c(CN2C[C@H]3CC[C@@H]2CN(C(C)=O)C3)cc1Cl. The number of rotatable bonds is 4. The molecule has 1 aromatic rings. The average Bonchev–Trinajstić information content (AvgIpc) is 2.87. The standard InChI is InChI=1S/C18H25ClN2O3/c1-12(22)20-8-13-4-5-15(11-20)21(9-13)10-14-6-16(19)18(24-3)7-17(14)23-2/h6-7,13,15H,4-5,8-11H2,1-3H3/t13-,15+/m0/s1. The van der Waals surface area contributed by atoms with Crippen LogP contribution in [0.5, 0.6) is 11.5 Å². The first-order valence-corrected chi connectivity index (χ1v) is 8.79. The van der Waals surface area contributed by atoms with Gasteiger partial charge in [0.2, 0.25) is 5.91 Å². The van der Waals surface area contributed by atoms with Gasteiger partial charge in [0.1, 0.15) is 11.5 Å². The van der Waals surface area contributed by atoms with E-state index in [1.165, 1.54) is 6.42 Å². The molecular weight excluding hydrogens is 328 g/mol. The first kappa shape index (κ1) is 17.4. The van der Waals surface area contributed by atoms with Gasteiger partial charge in [0.05, 0.1) is 19.2 Å². The lowest BCUT2D eigenvalue weighted by molar-refractivity contribution is -0.129. The lowest BCUT2D eigenvalue weighted by atomic mass is 9.94. The summed E-state index contributed by atoms with van der Waals surface area (Å²) in [6.07, 6.45) is 2.34. The van der Waals surface area contributed by atoms with Crippen molar-refractivity contribution in [1.82, 2.24) is 9.80 Å². The Hall–Kier alpha value is -1.46. The number of fused-ring (bicyclic) bond motifs is 4. The molecular formula is C18H25ClN2O3. The van der Waals surface area contributed by atoms with Crippen molar-refractivity contribution in [2.75, 3.05) is 33.9 Å². The molecule has 4 rings (SSSR count). The third kappa shape index (κ3) is 3.47. The second-order valence-electron chi connectivity index (χ2n) is 6.75. The van der Waals surface area contributed by atoms with Crippen LogP contribution in [0.25, 0.3) is 0 Å². The zero-order valence-corrected chi connectivity index (χ0v) is 15.3. The molecule has 3 aliphatic rings. The summed E-state index contributed by atoms with van der Waals surface area (Å²) in [6.45, 7) is 5.16. The molecule has 5 nitrogen and oxygen atoms in total. The molecule has 132 valence electrons. The highest BCUT2D eigenvalue weighted by molar-refractivity contribution is 6.32. The van der Waals surface area contributed by atoms with Gasteiger partial charge in [0.25, 0.3) is 0 Å². The Kier molecular flexibility index (Phi) is 5.21. The summed E-state index contributed by atoms with van der Waals surface area (Å²) in [7, 11) is 3.27. The van der Waals surface area contributed by atoms with Crippen LogP contribution in [-0.4, -0.2) is 55.6 Å². The van der Waals surface area contributed by atoms with Gasteiger partial charge in [-0.1, -0.05) is 11.6 Å². The Morgan fingerprint density at radius 3 is 2.58 bits per heavy atom. The quantitative estimate of drug-likeness (QED) is 0.835. The van der Waals surface area contributed by atoms with Crippen molar-refractivity contribution in [2.24, 2.45) is 5.92 Å². The minimum atomic E-state index is 0.179. The predicted octanol–water partition coefficient (Wildman–Crippen LogP) is 2.80. The Bertz CT molecular complexity index is 623. The van der Waals surface area contributed by atoms with E-state index in [2.05, 4.69) is 4.90 Å². The van der Waals surface area contributed by atoms with Crippen LogP contribution in [0.4, 0.5) is 0 Å². The van der Waals surface area contributed by atoms with E-state index in [1.807, 2.05) is 17.0 Å². The summed E-state index contributed by atoms with van der Waals surface area (Å²) in [6, 6.07) is 4.18. The van der Waals surface area contributed by atoms with Crippen LogP contribution in [0.1, 0.15) is 25.3 Å². The fourth-order valence-corrected chi connectivity index (χ4v) is 4.16. The number of carbonyl (C=O) groups is 1. The van der Waals surface area contributed by atoms with Crippen molar-refractivity contribution in [2.45, 2.75) is 32.4 Å². The van der Waals surface area contributed by atoms with E-state index in [0.29, 0.717) is 22.7 Å². The van der Waals surface area contributed by atoms with Crippen LogP contribution < -0.4 is 9.47 Å². The zero-order chi connectivity index (χ0) is 17.3. The van der Waals surface area contributed by atoms with Crippen molar-refractivity contribution in [3.63, 3.8) is 0 Å². The molecule has 3 heterocycles. The highest BCUT2D eigenvalue weighted by Crippen LogP contribution is 2.35. The molecule has 0 aromatic heterocycles. The Morgan fingerprint density at radius 1 is 1.17 bits per heavy atom. The molecule has 6 heteroatoms. The van der Waals surface area contributed by atoms with Crippen LogP contribution in [0.15, 0.2) is 12.1 Å². The molecule has 1 aromatic carbocycles. The maximum Gasteiger partial charge on any atom is 0.219 e. The zero-order valence-electron chi connectivity index (χ0n) is 14.5. The number of ether oxygens (including phenoxy) is 2. The molecule has 3 fully saturated rings. The summed E-state index contributed by atoms with van der Waals surface area (Å²) in [5, 5.41) is 0.596. The maximum atomic E-state index is 11.8. The molecule has 2 atom stereocenters. The summed E-state index contributed by atoms with van der Waals surface area (Å²) in [5.41, 5.74) is 1.06. The van der Waals surface area contributed by atoms with Crippen molar-refractivity contribution >= 4 is 17.5 Å². The van der Waals surface area contributed by atoms with Crippen LogP contribution in [-0.2, 0) is 11.3 Å². The van der Waals surface area contributed by atoms with Crippen LogP contribution in [0.2, 0.25) is 5.02 Å². The Labute approximate surface area is 148 Å². The summed E-state index contributed by atoms with van der Waals surface area (Å²) < 4.78 is 10.8. The normalized spacial score (nSPS) is 23.9. The summed E-state index contributed by atoms with van der Waals surface area (Å²) in [5.74, 6) is 2.14. The van der Waals surface area contributed by atoms with E-state index >= 15 is 0 Å². The predicted molar refractivity (Wildman–Crippen MR) is 93.7 cm³/mol. The molecule has 3 aliphatic heterocycles. The number of halogens is 1. The fourth-order valence-electron chi connectivity index (χ4n) is 3.89. The molecule has 0 aliphatic carbocycles. The number of nitrogens with zero attached hydrogens (tertiary/aromatic N) is 2. The van der Waals surface area contributed by atoms with Crippen molar-refractivity contribution in [3.05, 3.63) is 22.7 Å². The van der Waals surface area contributed by atoms with Gasteiger partial charge in [-0.3, -0.25) is 9.69 Å². The third-order valence-electron chi connectivity index (χ3n) is 5.20. The molecule has 1 amide bonds. The smallest absolute Gasteiger partial charge is 0.219 e. The monoisotopic (exact) mass is 352 g/mol. The van der Waals surface area contributed by atoms with Crippen LogP contribution in [0.3, 0.4) is 0 Å². The van der Waals surface area contributed by atoms with Gasteiger partial charge < -0.3 is 14.4 Å². The first-order chi connectivity index (χ1) is 11.5. The molecule has 0 unspecified atom stereocenters. The van der Waals surface area contributed by atoms with Gasteiger partial charge in [-0.25, -0.2) is 0 Å². The highest BCUT2D eigenvalue weighted by atomic mass is 35.5. The van der Waals surface area contributed by atoms with Crippen LogP contribution in [0, 0.1) is 5.92 Å². The molecule has 2 bridgehead atoms. The lowest BCUT2D eigenvalue weighted by Gasteiger charge is -2.36. The number of methoxy groups -OCH3 is 2. The van der Waals surface area contributed by atoms with Gasteiger partial charge in [-0.05, 0) is 24.8 Å². The molecule has 24 heavy (non-hydrogen) atoms. The number of piperidine rings is 1. The molecule has 3 saturated heterocycles. The van der Waals surface area contributed by atoms with E-state index in [1.54, 1.807) is 21.1 Å². The van der Waals surface area contributed by atoms with Crippen molar-refractivity contribution < 1.29 is 14.3 Å². The Balaban J connectivity index is 1.81. The Morgan fingerprint density at radius 2 is 1.92 bits per heavy atom. The van der Waals surface area contributed by atoms with Gasteiger partial charge in [-0.2, -0.15) is 0 Å².